The molecule has 0 aliphatic rings. The highest BCUT2D eigenvalue weighted by Crippen LogP contribution is 2.22. The monoisotopic (exact) mass is 206 g/mol. The molecule has 1 rings (SSSR count). The van der Waals surface area contributed by atoms with E-state index >= 15 is 0 Å². The van der Waals surface area contributed by atoms with Gasteiger partial charge in [0.15, 0.2) is 0 Å². The first-order valence-electron chi connectivity index (χ1n) is 5.75. The highest BCUT2D eigenvalue weighted by Gasteiger charge is 2.11. The van der Waals surface area contributed by atoms with Gasteiger partial charge in [0.05, 0.1) is 0 Å². The number of nitrogen functional groups attached to an aromatic ring is 1. The van der Waals surface area contributed by atoms with Crippen molar-refractivity contribution in [1.82, 2.24) is 4.90 Å². The average Bonchev–Trinajstić information content (AvgIpc) is 2.26. The molecule has 0 aliphatic heterocycles. The minimum atomic E-state index is 0.506. The Labute approximate surface area is 93.1 Å². The molecule has 2 nitrogen and oxygen atoms in total. The molecule has 0 aliphatic carbocycles. The van der Waals surface area contributed by atoms with E-state index in [4.69, 9.17) is 5.73 Å². The lowest BCUT2D eigenvalue weighted by molar-refractivity contribution is 0.289. The van der Waals surface area contributed by atoms with E-state index in [2.05, 4.69) is 37.8 Å². The van der Waals surface area contributed by atoms with E-state index in [1.165, 1.54) is 5.56 Å². The second kappa shape index (κ2) is 5.76. The Kier molecular flexibility index (Phi) is 4.63. The van der Waals surface area contributed by atoms with Crippen molar-refractivity contribution in [3.8, 4) is 0 Å². The van der Waals surface area contributed by atoms with Gasteiger partial charge in [-0.2, -0.15) is 0 Å². The number of hydrogen-bond donors (Lipinski definition) is 1. The number of nitrogens with zero attached hydrogens (tertiary/aromatic N) is 1. The molecule has 0 saturated carbocycles. The predicted molar refractivity (Wildman–Crippen MR) is 67.1 cm³/mol. The first-order chi connectivity index (χ1) is 7.19. The quantitative estimate of drug-likeness (QED) is 0.751. The van der Waals surface area contributed by atoms with Gasteiger partial charge in [-0.05, 0) is 30.6 Å². The summed E-state index contributed by atoms with van der Waals surface area (Å²) in [4.78, 5) is 2.43. The fourth-order valence-electron chi connectivity index (χ4n) is 1.93. The number of benzene rings is 1. The zero-order valence-corrected chi connectivity index (χ0v) is 10.0. The van der Waals surface area contributed by atoms with Gasteiger partial charge in [-0.3, -0.25) is 0 Å². The Morgan fingerprint density at radius 2 is 1.80 bits per heavy atom. The topological polar surface area (TPSA) is 29.3 Å². The van der Waals surface area contributed by atoms with Crippen molar-refractivity contribution in [2.24, 2.45) is 0 Å². The summed E-state index contributed by atoms with van der Waals surface area (Å²) in [6, 6.07) is 8.16. The van der Waals surface area contributed by atoms with Crippen molar-refractivity contribution in [1.29, 1.82) is 0 Å². The molecule has 1 aromatic carbocycles. The minimum Gasteiger partial charge on any atom is -0.398 e. The van der Waals surface area contributed by atoms with Crippen LogP contribution in [0.5, 0.6) is 0 Å². The third-order valence-corrected chi connectivity index (χ3v) is 2.95. The Bertz CT molecular complexity index is 292. The van der Waals surface area contributed by atoms with Crippen LogP contribution in [0.15, 0.2) is 24.3 Å². The molecule has 1 atom stereocenters. The summed E-state index contributed by atoms with van der Waals surface area (Å²) in [5.74, 6) is 0.506. The molecule has 15 heavy (non-hydrogen) atoms. The second-order valence-corrected chi connectivity index (χ2v) is 4.02. The normalized spacial score (nSPS) is 13.1. The molecule has 2 heteroatoms. The van der Waals surface area contributed by atoms with Crippen LogP contribution in [0.3, 0.4) is 0 Å². The number of anilines is 1. The van der Waals surface area contributed by atoms with E-state index in [0.717, 1.165) is 25.3 Å². The van der Waals surface area contributed by atoms with Crippen molar-refractivity contribution in [2.75, 3.05) is 25.4 Å². The SMILES string of the molecule is CCN(CC)CC(C)c1ccccc1N. The molecule has 0 radical (unpaired) electrons. The minimum absolute atomic E-state index is 0.506. The molecule has 84 valence electrons. The Hall–Kier alpha value is -1.02. The molecule has 1 aromatic rings. The third-order valence-electron chi connectivity index (χ3n) is 2.95. The number of likely N-dealkylation sites (N-methyl/N-ethyl adjacent to an activating group) is 1. The van der Waals surface area contributed by atoms with Gasteiger partial charge in [0, 0.05) is 12.2 Å². The van der Waals surface area contributed by atoms with Gasteiger partial charge in [-0.1, -0.05) is 39.0 Å². The summed E-state index contributed by atoms with van der Waals surface area (Å²) in [5, 5.41) is 0. The van der Waals surface area contributed by atoms with Crippen LogP contribution in [0.25, 0.3) is 0 Å². The van der Waals surface area contributed by atoms with Crippen LogP contribution in [0, 0.1) is 0 Å². The molecule has 0 fully saturated rings. The van der Waals surface area contributed by atoms with E-state index in [9.17, 15) is 0 Å². The van der Waals surface area contributed by atoms with Crippen LogP contribution < -0.4 is 5.73 Å². The van der Waals surface area contributed by atoms with Crippen LogP contribution in [-0.4, -0.2) is 24.5 Å². The Morgan fingerprint density at radius 1 is 1.20 bits per heavy atom. The second-order valence-electron chi connectivity index (χ2n) is 4.02. The van der Waals surface area contributed by atoms with E-state index in [-0.39, 0.29) is 0 Å². The Morgan fingerprint density at radius 3 is 2.33 bits per heavy atom. The molecule has 0 heterocycles. The number of rotatable bonds is 5. The lowest BCUT2D eigenvalue weighted by Gasteiger charge is -2.23. The summed E-state index contributed by atoms with van der Waals surface area (Å²) in [7, 11) is 0. The lowest BCUT2D eigenvalue weighted by atomic mass is 9.99. The molecule has 0 saturated heterocycles. The molecular formula is C13H22N2. The molecule has 0 aromatic heterocycles. The van der Waals surface area contributed by atoms with Crippen LogP contribution in [0.2, 0.25) is 0 Å². The van der Waals surface area contributed by atoms with Gasteiger partial charge in [-0.25, -0.2) is 0 Å². The molecule has 0 spiro atoms. The summed E-state index contributed by atoms with van der Waals surface area (Å²) in [5.41, 5.74) is 8.14. The highest BCUT2D eigenvalue weighted by atomic mass is 15.1. The lowest BCUT2D eigenvalue weighted by Crippen LogP contribution is -2.27. The fourth-order valence-corrected chi connectivity index (χ4v) is 1.93. The summed E-state index contributed by atoms with van der Waals surface area (Å²) in [6.07, 6.45) is 0. The van der Waals surface area contributed by atoms with Gasteiger partial charge in [0.25, 0.3) is 0 Å². The first-order valence-corrected chi connectivity index (χ1v) is 5.75. The Balaban J connectivity index is 2.68. The van der Waals surface area contributed by atoms with Crippen molar-refractivity contribution in [3.63, 3.8) is 0 Å². The largest absolute Gasteiger partial charge is 0.398 e. The van der Waals surface area contributed by atoms with Gasteiger partial charge >= 0.3 is 0 Å². The van der Waals surface area contributed by atoms with Crippen molar-refractivity contribution >= 4 is 5.69 Å². The zero-order chi connectivity index (χ0) is 11.3. The van der Waals surface area contributed by atoms with E-state index in [1.807, 2.05) is 12.1 Å². The van der Waals surface area contributed by atoms with Crippen molar-refractivity contribution < 1.29 is 0 Å². The molecular weight excluding hydrogens is 184 g/mol. The van der Waals surface area contributed by atoms with Crippen molar-refractivity contribution in [3.05, 3.63) is 29.8 Å². The van der Waals surface area contributed by atoms with Crippen molar-refractivity contribution in [2.45, 2.75) is 26.7 Å². The van der Waals surface area contributed by atoms with Crippen LogP contribution in [-0.2, 0) is 0 Å². The van der Waals surface area contributed by atoms with Gasteiger partial charge in [0.2, 0.25) is 0 Å². The summed E-state index contributed by atoms with van der Waals surface area (Å²) >= 11 is 0. The molecule has 0 bridgehead atoms. The van der Waals surface area contributed by atoms with Gasteiger partial charge < -0.3 is 10.6 Å². The average molecular weight is 206 g/mol. The van der Waals surface area contributed by atoms with Crippen LogP contribution in [0.1, 0.15) is 32.3 Å². The summed E-state index contributed by atoms with van der Waals surface area (Å²) < 4.78 is 0. The molecule has 1 unspecified atom stereocenters. The highest BCUT2D eigenvalue weighted by molar-refractivity contribution is 5.48. The van der Waals surface area contributed by atoms with E-state index in [1.54, 1.807) is 0 Å². The number of nitrogens with two attached hydrogens (primary N) is 1. The van der Waals surface area contributed by atoms with Crippen LogP contribution in [0.4, 0.5) is 5.69 Å². The van der Waals surface area contributed by atoms with Gasteiger partial charge in [0.1, 0.15) is 0 Å². The van der Waals surface area contributed by atoms with Gasteiger partial charge in [-0.15, -0.1) is 0 Å². The maximum atomic E-state index is 5.96. The smallest absolute Gasteiger partial charge is 0.0349 e. The maximum absolute atomic E-state index is 5.96. The zero-order valence-electron chi connectivity index (χ0n) is 10.0. The summed E-state index contributed by atoms with van der Waals surface area (Å²) in [6.45, 7) is 9.93. The van der Waals surface area contributed by atoms with Crippen LogP contribution >= 0.6 is 0 Å². The molecule has 2 N–H and O–H groups in total. The molecule has 0 amide bonds. The number of hydrogen-bond acceptors (Lipinski definition) is 2. The first kappa shape index (κ1) is 12.1. The van der Waals surface area contributed by atoms with E-state index in [0.29, 0.717) is 5.92 Å². The standard InChI is InChI=1S/C13H22N2/c1-4-15(5-2)10-11(3)12-8-6-7-9-13(12)14/h6-9,11H,4-5,10,14H2,1-3H3. The number of para-hydroxylation sites is 1. The maximum Gasteiger partial charge on any atom is 0.0349 e. The van der Waals surface area contributed by atoms with E-state index < -0.39 is 0 Å². The predicted octanol–water partition coefficient (Wildman–Crippen LogP) is 2.71. The fraction of sp³-hybridized carbons (Fsp3) is 0.538. The third kappa shape index (κ3) is 3.24.